The topological polar surface area (TPSA) is 34.5 Å². The zero-order valence-electron chi connectivity index (χ0n) is 16.0. The number of aromatic nitrogens is 1. The highest BCUT2D eigenvalue weighted by Gasteiger charge is 2.51. The molecular weight excluding hydrogens is 360 g/mol. The quantitative estimate of drug-likeness (QED) is 0.724. The van der Waals surface area contributed by atoms with Crippen molar-refractivity contribution in [3.8, 4) is 0 Å². The summed E-state index contributed by atoms with van der Waals surface area (Å²) >= 11 is 0. The van der Waals surface area contributed by atoms with E-state index in [1.807, 2.05) is 6.92 Å². The second-order valence-corrected chi connectivity index (χ2v) is 7.85. The Labute approximate surface area is 166 Å². The normalized spacial score (nSPS) is 26.1. The van der Waals surface area contributed by atoms with Crippen LogP contribution in [0.3, 0.4) is 0 Å². The number of esters is 1. The van der Waals surface area contributed by atoms with Crippen LogP contribution in [0.15, 0.2) is 30.3 Å². The van der Waals surface area contributed by atoms with Gasteiger partial charge in [-0.3, -0.25) is 4.90 Å². The minimum Gasteiger partial charge on any atom is -0.461 e. The summed E-state index contributed by atoms with van der Waals surface area (Å²) in [6.07, 6.45) is 6.73. The summed E-state index contributed by atoms with van der Waals surface area (Å²) in [5.41, 5.74) is 4.71. The molecule has 3 aliphatic rings. The Morgan fingerprint density at radius 3 is 2.85 bits per heavy atom. The van der Waals surface area contributed by atoms with Crippen molar-refractivity contribution in [2.24, 2.45) is 5.41 Å². The molecule has 0 bridgehead atoms. The molecule has 1 saturated heterocycles. The van der Waals surface area contributed by atoms with Gasteiger partial charge in [-0.1, -0.05) is 25.1 Å². The number of para-hydroxylation sites is 1. The van der Waals surface area contributed by atoms with Gasteiger partial charge in [0.15, 0.2) is 0 Å². The molecule has 2 aromatic rings. The lowest BCUT2D eigenvalue weighted by molar-refractivity contribution is -0.136. The molecule has 0 N–H and O–H groups in total. The van der Waals surface area contributed by atoms with E-state index in [1.54, 1.807) is 0 Å². The van der Waals surface area contributed by atoms with E-state index in [1.165, 1.54) is 23.1 Å². The van der Waals surface area contributed by atoms with Crippen LogP contribution in [0.1, 0.15) is 50.4 Å². The van der Waals surface area contributed by atoms with E-state index < -0.39 is 0 Å². The number of piperidine rings is 1. The molecule has 5 rings (SSSR count). The molecule has 27 heavy (non-hydrogen) atoms. The van der Waals surface area contributed by atoms with Crippen LogP contribution in [-0.2, 0) is 16.0 Å². The number of carbonyl (C=O) groups is 1. The van der Waals surface area contributed by atoms with Crippen LogP contribution in [0.2, 0.25) is 0 Å². The molecule has 144 valence electrons. The van der Waals surface area contributed by atoms with E-state index in [4.69, 9.17) is 4.74 Å². The van der Waals surface area contributed by atoms with Crippen molar-refractivity contribution in [1.82, 2.24) is 9.47 Å². The number of benzene rings is 1. The highest BCUT2D eigenvalue weighted by molar-refractivity contribution is 6.13. The summed E-state index contributed by atoms with van der Waals surface area (Å²) in [6, 6.07) is 8.92. The first-order valence-electron chi connectivity index (χ1n) is 9.97. The van der Waals surface area contributed by atoms with Crippen LogP contribution in [0.25, 0.3) is 16.6 Å². The third kappa shape index (κ3) is 2.43. The number of rotatable bonds is 3. The third-order valence-electron chi connectivity index (χ3n) is 6.73. The third-order valence-corrected chi connectivity index (χ3v) is 6.73. The monoisotopic (exact) mass is 386 g/mol. The van der Waals surface area contributed by atoms with Gasteiger partial charge in [-0.2, -0.15) is 0 Å². The minimum absolute atomic E-state index is 0. The fourth-order valence-corrected chi connectivity index (χ4v) is 5.63. The van der Waals surface area contributed by atoms with Crippen LogP contribution in [-0.4, -0.2) is 35.1 Å². The largest absolute Gasteiger partial charge is 0.461 e. The Morgan fingerprint density at radius 1 is 1.26 bits per heavy atom. The molecule has 4 heterocycles. The number of nitrogens with zero attached hydrogens (tertiary/aromatic N) is 2. The predicted octanol–water partition coefficient (Wildman–Crippen LogP) is 4.57. The van der Waals surface area contributed by atoms with Crippen molar-refractivity contribution in [2.75, 3.05) is 19.7 Å². The van der Waals surface area contributed by atoms with Crippen molar-refractivity contribution in [1.29, 1.82) is 0 Å². The summed E-state index contributed by atoms with van der Waals surface area (Å²) in [4.78, 5) is 15.6. The van der Waals surface area contributed by atoms with E-state index in [9.17, 15) is 4.79 Å². The molecule has 1 fully saturated rings. The molecule has 0 amide bonds. The SMILES string of the molecule is CCOC(=O)C1=C[C@]2(CC)CCCN3CCc4c(n1c1ccccc41)[C@@H]32.Cl. The molecule has 5 heteroatoms. The van der Waals surface area contributed by atoms with Gasteiger partial charge >= 0.3 is 5.97 Å². The lowest BCUT2D eigenvalue weighted by Crippen LogP contribution is -2.51. The molecule has 2 atom stereocenters. The first kappa shape index (κ1) is 18.6. The van der Waals surface area contributed by atoms with Gasteiger partial charge in [-0.15, -0.1) is 12.4 Å². The van der Waals surface area contributed by atoms with Crippen LogP contribution in [0, 0.1) is 5.41 Å². The summed E-state index contributed by atoms with van der Waals surface area (Å²) in [7, 11) is 0. The number of hydrogen-bond donors (Lipinski definition) is 0. The Kier molecular flexibility index (Phi) is 4.59. The van der Waals surface area contributed by atoms with Crippen LogP contribution in [0.4, 0.5) is 0 Å². The highest BCUT2D eigenvalue weighted by atomic mass is 35.5. The van der Waals surface area contributed by atoms with Gasteiger partial charge in [0.25, 0.3) is 0 Å². The smallest absolute Gasteiger partial charge is 0.354 e. The molecular formula is C22H27ClN2O2. The zero-order chi connectivity index (χ0) is 17.9. The fraction of sp³-hybridized carbons (Fsp3) is 0.500. The average molecular weight is 387 g/mol. The average Bonchev–Trinajstić information content (AvgIpc) is 3.02. The summed E-state index contributed by atoms with van der Waals surface area (Å²) < 4.78 is 7.69. The number of hydrogen-bond acceptors (Lipinski definition) is 3. The zero-order valence-corrected chi connectivity index (χ0v) is 16.8. The predicted molar refractivity (Wildman–Crippen MR) is 110 cm³/mol. The van der Waals surface area contributed by atoms with Gasteiger partial charge in [0.1, 0.15) is 5.70 Å². The summed E-state index contributed by atoms with van der Waals surface area (Å²) in [5, 5.41) is 1.30. The van der Waals surface area contributed by atoms with Gasteiger partial charge < -0.3 is 9.30 Å². The van der Waals surface area contributed by atoms with Crippen molar-refractivity contribution in [2.45, 2.75) is 45.6 Å². The van der Waals surface area contributed by atoms with Gasteiger partial charge in [0.2, 0.25) is 0 Å². The maximum atomic E-state index is 12.9. The molecule has 0 spiro atoms. The van der Waals surface area contributed by atoms with E-state index in [0.717, 1.165) is 43.6 Å². The highest BCUT2D eigenvalue weighted by Crippen LogP contribution is 2.57. The Bertz CT molecular complexity index is 932. The van der Waals surface area contributed by atoms with E-state index in [-0.39, 0.29) is 23.8 Å². The number of carbonyl (C=O) groups excluding carboxylic acids is 1. The number of fused-ring (bicyclic) bond motifs is 3. The molecule has 4 nitrogen and oxygen atoms in total. The Morgan fingerprint density at radius 2 is 2.07 bits per heavy atom. The van der Waals surface area contributed by atoms with Gasteiger partial charge in [0.05, 0.1) is 18.2 Å². The van der Waals surface area contributed by atoms with Crippen molar-refractivity contribution >= 4 is 35.0 Å². The first-order valence-corrected chi connectivity index (χ1v) is 9.97. The van der Waals surface area contributed by atoms with Gasteiger partial charge in [-0.25, -0.2) is 4.79 Å². The Balaban J connectivity index is 0.00000180. The van der Waals surface area contributed by atoms with Crippen molar-refractivity contribution in [3.63, 3.8) is 0 Å². The van der Waals surface area contributed by atoms with Crippen molar-refractivity contribution in [3.05, 3.63) is 41.6 Å². The van der Waals surface area contributed by atoms with Gasteiger partial charge in [-0.05, 0) is 56.9 Å². The maximum Gasteiger partial charge on any atom is 0.354 e. The fourth-order valence-electron chi connectivity index (χ4n) is 5.63. The first-order chi connectivity index (χ1) is 12.7. The Hall–Kier alpha value is -1.78. The molecule has 0 unspecified atom stereocenters. The molecule has 0 aliphatic carbocycles. The van der Waals surface area contributed by atoms with E-state index >= 15 is 0 Å². The molecule has 3 aliphatic heterocycles. The lowest BCUT2D eigenvalue weighted by atomic mass is 9.66. The van der Waals surface area contributed by atoms with Crippen molar-refractivity contribution < 1.29 is 9.53 Å². The summed E-state index contributed by atoms with van der Waals surface area (Å²) in [6.45, 7) is 6.85. The molecule has 0 saturated carbocycles. The number of halogens is 1. The summed E-state index contributed by atoms with van der Waals surface area (Å²) in [5.74, 6) is -0.190. The van der Waals surface area contributed by atoms with Crippen LogP contribution in [0.5, 0.6) is 0 Å². The van der Waals surface area contributed by atoms with E-state index in [2.05, 4.69) is 46.7 Å². The van der Waals surface area contributed by atoms with Crippen LogP contribution < -0.4 is 0 Å². The maximum absolute atomic E-state index is 12.9. The molecule has 1 aromatic heterocycles. The van der Waals surface area contributed by atoms with E-state index in [0.29, 0.717) is 12.6 Å². The second-order valence-electron chi connectivity index (χ2n) is 7.85. The lowest BCUT2D eigenvalue weighted by Gasteiger charge is -2.53. The van der Waals surface area contributed by atoms with Crippen LogP contribution >= 0.6 is 12.4 Å². The minimum atomic E-state index is -0.190. The number of ether oxygens (including phenoxy) is 1. The molecule has 0 radical (unpaired) electrons. The standard InChI is InChI=1S/C22H26N2O2.ClH/c1-3-22-11-7-12-23-13-10-16-15-8-5-6-9-17(15)24(19(16)20(22)23)18(14-22)21(25)26-4-2;/h5-6,8-9,14,20H,3-4,7,10-13H2,1-2H3;1H/t20-,22+;/m1./s1. The second kappa shape index (κ2) is 6.68. The molecule has 1 aromatic carbocycles. The van der Waals surface area contributed by atoms with Gasteiger partial charge in [0, 0.05) is 23.0 Å².